The second-order valence-electron chi connectivity index (χ2n) is 15.0. The number of ether oxygens (including phenoxy) is 3. The predicted molar refractivity (Wildman–Crippen MR) is 238 cm³/mol. The van der Waals surface area contributed by atoms with Gasteiger partial charge in [-0.3, -0.25) is 14.4 Å². The van der Waals surface area contributed by atoms with Crippen LogP contribution in [0.5, 0.6) is 0 Å². The molecule has 0 N–H and O–H groups in total. The van der Waals surface area contributed by atoms with Crippen molar-refractivity contribution in [3.63, 3.8) is 0 Å². The minimum Gasteiger partial charge on any atom is -0.462 e. The van der Waals surface area contributed by atoms with Gasteiger partial charge in [0.1, 0.15) is 13.2 Å². The van der Waals surface area contributed by atoms with Crippen molar-refractivity contribution in [3.05, 3.63) is 72.9 Å². The third kappa shape index (κ3) is 42.0. The fourth-order valence-electron chi connectivity index (χ4n) is 6.09. The Labute approximate surface area is 344 Å². The predicted octanol–water partition coefficient (Wildman–Crippen LogP) is 14.7. The fourth-order valence-corrected chi connectivity index (χ4v) is 6.09. The maximum absolute atomic E-state index is 12.7. The molecule has 0 amide bonds. The van der Waals surface area contributed by atoms with E-state index in [9.17, 15) is 14.4 Å². The highest BCUT2D eigenvalue weighted by Gasteiger charge is 2.19. The van der Waals surface area contributed by atoms with E-state index in [1.807, 2.05) is 30.4 Å². The number of carbonyl (C=O) groups is 3. The molecule has 56 heavy (non-hydrogen) atoms. The Morgan fingerprint density at radius 2 is 0.804 bits per heavy atom. The molecular formula is C50H84O6. The van der Waals surface area contributed by atoms with Crippen molar-refractivity contribution in [1.29, 1.82) is 0 Å². The fraction of sp³-hybridized carbons (Fsp3) is 0.700. The summed E-state index contributed by atoms with van der Waals surface area (Å²) in [6, 6.07) is 0. The van der Waals surface area contributed by atoms with Crippen molar-refractivity contribution in [1.82, 2.24) is 0 Å². The zero-order chi connectivity index (χ0) is 40.8. The van der Waals surface area contributed by atoms with E-state index in [0.29, 0.717) is 19.3 Å². The molecule has 0 spiro atoms. The number of carbonyl (C=O) groups excluding carboxylic acids is 3. The molecular weight excluding hydrogens is 697 g/mol. The highest BCUT2D eigenvalue weighted by atomic mass is 16.6. The largest absolute Gasteiger partial charge is 0.462 e. The molecule has 0 aliphatic rings. The monoisotopic (exact) mass is 781 g/mol. The van der Waals surface area contributed by atoms with Crippen LogP contribution in [-0.4, -0.2) is 37.2 Å². The average molecular weight is 781 g/mol. The minimum atomic E-state index is -0.811. The van der Waals surface area contributed by atoms with Gasteiger partial charge in [0, 0.05) is 19.3 Å². The van der Waals surface area contributed by atoms with E-state index in [-0.39, 0.29) is 37.5 Å². The summed E-state index contributed by atoms with van der Waals surface area (Å²) in [7, 11) is 0. The summed E-state index contributed by atoms with van der Waals surface area (Å²) in [5.74, 6) is -1.00. The first-order chi connectivity index (χ1) is 27.5. The zero-order valence-electron chi connectivity index (χ0n) is 36.4. The number of allylic oxidation sites excluding steroid dienone is 12. The number of unbranched alkanes of at least 4 members (excludes halogenated alkanes) is 20. The molecule has 1 unspecified atom stereocenters. The lowest BCUT2D eigenvalue weighted by molar-refractivity contribution is -0.166. The molecule has 0 rings (SSSR count). The van der Waals surface area contributed by atoms with Gasteiger partial charge in [0.2, 0.25) is 0 Å². The van der Waals surface area contributed by atoms with Crippen molar-refractivity contribution in [2.75, 3.05) is 13.2 Å². The molecule has 0 saturated carbocycles. The molecule has 6 nitrogen and oxygen atoms in total. The van der Waals surface area contributed by atoms with Crippen LogP contribution in [0.2, 0.25) is 0 Å². The van der Waals surface area contributed by atoms with Gasteiger partial charge in [-0.25, -0.2) is 0 Å². The van der Waals surface area contributed by atoms with Crippen molar-refractivity contribution >= 4 is 17.9 Å². The van der Waals surface area contributed by atoms with Gasteiger partial charge in [-0.05, 0) is 57.8 Å². The molecule has 0 heterocycles. The van der Waals surface area contributed by atoms with E-state index in [0.717, 1.165) is 77.0 Å². The Morgan fingerprint density at radius 1 is 0.393 bits per heavy atom. The summed E-state index contributed by atoms with van der Waals surface area (Å²) >= 11 is 0. The van der Waals surface area contributed by atoms with Gasteiger partial charge in [-0.1, -0.05) is 203 Å². The molecule has 0 radical (unpaired) electrons. The Morgan fingerprint density at radius 3 is 1.30 bits per heavy atom. The first-order valence-corrected chi connectivity index (χ1v) is 23.0. The smallest absolute Gasteiger partial charge is 0.306 e. The highest BCUT2D eigenvalue weighted by Crippen LogP contribution is 2.13. The highest BCUT2D eigenvalue weighted by molar-refractivity contribution is 5.71. The first-order valence-electron chi connectivity index (χ1n) is 23.0. The molecule has 320 valence electrons. The van der Waals surface area contributed by atoms with Crippen molar-refractivity contribution in [2.45, 2.75) is 213 Å². The van der Waals surface area contributed by atoms with Crippen molar-refractivity contribution in [2.24, 2.45) is 0 Å². The second kappa shape index (κ2) is 44.6. The summed E-state index contributed by atoms with van der Waals surface area (Å²) in [6.07, 6.45) is 54.6. The average Bonchev–Trinajstić information content (AvgIpc) is 3.19. The van der Waals surface area contributed by atoms with Crippen LogP contribution in [0, 0.1) is 0 Å². The van der Waals surface area contributed by atoms with Gasteiger partial charge in [-0.2, -0.15) is 0 Å². The Hall–Kier alpha value is -3.15. The van der Waals surface area contributed by atoms with Crippen LogP contribution in [0.3, 0.4) is 0 Å². The molecule has 6 heteroatoms. The molecule has 0 bridgehead atoms. The zero-order valence-corrected chi connectivity index (χ0v) is 36.4. The summed E-state index contributed by atoms with van der Waals surface area (Å²) in [6.45, 7) is 6.39. The summed E-state index contributed by atoms with van der Waals surface area (Å²) < 4.78 is 16.6. The van der Waals surface area contributed by atoms with Crippen LogP contribution in [-0.2, 0) is 28.6 Å². The third-order valence-electron chi connectivity index (χ3n) is 9.55. The molecule has 1 atom stereocenters. The number of hydrogen-bond donors (Lipinski definition) is 0. The van der Waals surface area contributed by atoms with Crippen LogP contribution in [0.1, 0.15) is 207 Å². The van der Waals surface area contributed by atoms with Gasteiger partial charge in [0.15, 0.2) is 6.10 Å². The van der Waals surface area contributed by atoms with E-state index in [2.05, 4.69) is 63.3 Å². The van der Waals surface area contributed by atoms with E-state index in [1.165, 1.54) is 83.5 Å². The normalized spacial score (nSPS) is 12.7. The molecule has 0 aromatic rings. The van der Waals surface area contributed by atoms with Gasteiger partial charge < -0.3 is 14.2 Å². The SMILES string of the molecule is CC\C=C/C=C\C=C/C=C\CCCCCCCC(=O)OCC(COC(=O)CCCCCCCCCCCC)OC(=O)CC/C=C\C/C=C\CCCCCCCC. The van der Waals surface area contributed by atoms with E-state index in [1.54, 1.807) is 0 Å². The van der Waals surface area contributed by atoms with E-state index < -0.39 is 6.10 Å². The lowest BCUT2D eigenvalue weighted by Crippen LogP contribution is -2.30. The Bertz CT molecular complexity index is 1080. The molecule has 0 aliphatic heterocycles. The van der Waals surface area contributed by atoms with E-state index >= 15 is 0 Å². The summed E-state index contributed by atoms with van der Waals surface area (Å²) in [5, 5.41) is 0. The van der Waals surface area contributed by atoms with Crippen LogP contribution >= 0.6 is 0 Å². The van der Waals surface area contributed by atoms with Gasteiger partial charge in [-0.15, -0.1) is 0 Å². The summed E-state index contributed by atoms with van der Waals surface area (Å²) in [5.41, 5.74) is 0. The lowest BCUT2D eigenvalue weighted by atomic mass is 10.1. The van der Waals surface area contributed by atoms with Gasteiger partial charge >= 0.3 is 17.9 Å². The third-order valence-corrected chi connectivity index (χ3v) is 9.55. The van der Waals surface area contributed by atoms with Crippen LogP contribution < -0.4 is 0 Å². The number of esters is 3. The second-order valence-corrected chi connectivity index (χ2v) is 15.0. The van der Waals surface area contributed by atoms with Crippen molar-refractivity contribution in [3.8, 4) is 0 Å². The van der Waals surface area contributed by atoms with Gasteiger partial charge in [0.25, 0.3) is 0 Å². The Kier molecular flexibility index (Phi) is 42.1. The summed E-state index contributed by atoms with van der Waals surface area (Å²) in [4.78, 5) is 37.7. The van der Waals surface area contributed by atoms with Crippen LogP contribution in [0.4, 0.5) is 0 Å². The van der Waals surface area contributed by atoms with Gasteiger partial charge in [0.05, 0.1) is 0 Å². The minimum absolute atomic E-state index is 0.105. The molecule has 0 aliphatic carbocycles. The topological polar surface area (TPSA) is 78.9 Å². The standard InChI is InChI=1S/C50H84O6/c1-4-7-10-13-16-19-22-24-25-27-28-31-34-37-40-43-49(52)55-46-47(45-54-48(51)42-39-36-33-30-21-18-15-12-9-6-3)56-50(53)44-41-38-35-32-29-26-23-20-17-14-11-8-5-2/h7,10,13,16,19,22,24-26,29,35,38,47H,4-6,8-9,11-12,14-15,17-18,20-21,23,27-28,30-34,36-37,39-46H2,1-3H3/b10-7-,16-13-,22-19-,25-24-,29-26-,38-35-. The van der Waals surface area contributed by atoms with Crippen LogP contribution in [0.25, 0.3) is 0 Å². The number of rotatable bonds is 40. The maximum Gasteiger partial charge on any atom is 0.306 e. The molecule has 0 aromatic heterocycles. The quantitative estimate of drug-likeness (QED) is 0.0203. The van der Waals surface area contributed by atoms with E-state index in [4.69, 9.17) is 14.2 Å². The molecule has 0 aromatic carbocycles. The van der Waals surface area contributed by atoms with Crippen molar-refractivity contribution < 1.29 is 28.6 Å². The lowest BCUT2D eigenvalue weighted by Gasteiger charge is -2.18. The number of hydrogen-bond acceptors (Lipinski definition) is 6. The Balaban J connectivity index is 4.49. The first kappa shape index (κ1) is 52.9. The molecule has 0 saturated heterocycles. The van der Waals surface area contributed by atoms with Crippen LogP contribution in [0.15, 0.2) is 72.9 Å². The maximum atomic E-state index is 12.7. The molecule has 0 fully saturated rings.